The van der Waals surface area contributed by atoms with Crippen molar-refractivity contribution in [3.63, 3.8) is 0 Å². The zero-order valence-electron chi connectivity index (χ0n) is 12.3. The fourth-order valence-electron chi connectivity index (χ4n) is 2.00. The Balaban J connectivity index is 2.20. The zero-order valence-corrected chi connectivity index (χ0v) is 13.0. The van der Waals surface area contributed by atoms with Gasteiger partial charge in [0.05, 0.1) is 12.6 Å². The Labute approximate surface area is 133 Å². The van der Waals surface area contributed by atoms with Crippen molar-refractivity contribution in [1.82, 2.24) is 10.3 Å². The van der Waals surface area contributed by atoms with Crippen molar-refractivity contribution in [1.29, 1.82) is 0 Å². The van der Waals surface area contributed by atoms with Gasteiger partial charge in [0.2, 0.25) is 0 Å². The van der Waals surface area contributed by atoms with E-state index in [4.69, 9.17) is 16.3 Å². The number of hydrogen-bond donors (Lipinski definition) is 1. The predicted octanol–water partition coefficient (Wildman–Crippen LogP) is 3.76. The molecule has 22 heavy (non-hydrogen) atoms. The number of rotatable bonds is 5. The van der Waals surface area contributed by atoms with Crippen LogP contribution in [-0.2, 0) is 0 Å². The molecule has 0 spiro atoms. The van der Waals surface area contributed by atoms with Gasteiger partial charge in [0.1, 0.15) is 22.3 Å². The van der Waals surface area contributed by atoms with Crippen LogP contribution in [-0.4, -0.2) is 17.5 Å². The maximum atomic E-state index is 12.9. The summed E-state index contributed by atoms with van der Waals surface area (Å²) < 4.78 is 18.3. The Morgan fingerprint density at radius 3 is 2.68 bits per heavy atom. The molecule has 1 amide bonds. The monoisotopic (exact) mass is 322 g/mol. The van der Waals surface area contributed by atoms with Crippen LogP contribution in [0.1, 0.15) is 35.8 Å². The number of nitrogens with zero attached hydrogens (tertiary/aromatic N) is 1. The lowest BCUT2D eigenvalue weighted by Crippen LogP contribution is -2.27. The molecule has 0 aliphatic rings. The van der Waals surface area contributed by atoms with Gasteiger partial charge in [-0.15, -0.1) is 0 Å². The maximum Gasteiger partial charge on any atom is 0.258 e. The summed E-state index contributed by atoms with van der Waals surface area (Å²) in [5, 5.41) is 2.88. The third-order valence-electron chi connectivity index (χ3n) is 3.11. The third-order valence-corrected chi connectivity index (χ3v) is 3.40. The number of halogens is 2. The first-order valence-electron chi connectivity index (χ1n) is 6.86. The Kier molecular flexibility index (Phi) is 5.33. The number of hydrogen-bond acceptors (Lipinski definition) is 3. The molecule has 6 heteroatoms. The van der Waals surface area contributed by atoms with Crippen LogP contribution >= 0.6 is 11.6 Å². The summed E-state index contributed by atoms with van der Waals surface area (Å²) in [6.45, 7) is 4.03. The summed E-state index contributed by atoms with van der Waals surface area (Å²) >= 11 is 6.01. The molecule has 1 N–H and O–H groups in total. The minimum atomic E-state index is -0.390. The summed E-state index contributed by atoms with van der Waals surface area (Å²) in [5.41, 5.74) is 0.979. The van der Waals surface area contributed by atoms with Gasteiger partial charge in [-0.25, -0.2) is 9.37 Å². The van der Waals surface area contributed by atoms with Crippen molar-refractivity contribution >= 4 is 17.5 Å². The van der Waals surface area contributed by atoms with Crippen molar-refractivity contribution in [3.8, 4) is 5.75 Å². The van der Waals surface area contributed by atoms with Crippen molar-refractivity contribution in [3.05, 3.63) is 58.6 Å². The quantitative estimate of drug-likeness (QED) is 0.853. The van der Waals surface area contributed by atoms with Crippen LogP contribution in [0.25, 0.3) is 0 Å². The van der Waals surface area contributed by atoms with E-state index in [-0.39, 0.29) is 22.6 Å². The number of benzene rings is 1. The number of nitrogens with one attached hydrogen (secondary N) is 1. The third kappa shape index (κ3) is 3.74. The van der Waals surface area contributed by atoms with Gasteiger partial charge in [0.15, 0.2) is 0 Å². The van der Waals surface area contributed by atoms with Crippen LogP contribution in [0, 0.1) is 5.82 Å². The van der Waals surface area contributed by atoms with E-state index in [0.717, 1.165) is 5.56 Å². The molecule has 0 bridgehead atoms. The van der Waals surface area contributed by atoms with Gasteiger partial charge in [0.25, 0.3) is 5.91 Å². The van der Waals surface area contributed by atoms with E-state index in [0.29, 0.717) is 12.4 Å². The van der Waals surface area contributed by atoms with Gasteiger partial charge in [-0.1, -0.05) is 23.7 Å². The average Bonchev–Trinajstić information content (AvgIpc) is 2.48. The summed E-state index contributed by atoms with van der Waals surface area (Å²) in [4.78, 5) is 16.3. The first-order valence-corrected chi connectivity index (χ1v) is 7.24. The second-order valence-corrected chi connectivity index (χ2v) is 5.01. The van der Waals surface area contributed by atoms with Gasteiger partial charge in [-0.05, 0) is 37.6 Å². The highest BCUT2D eigenvalue weighted by molar-refractivity contribution is 6.33. The fourth-order valence-corrected chi connectivity index (χ4v) is 2.24. The predicted molar refractivity (Wildman–Crippen MR) is 82.7 cm³/mol. The van der Waals surface area contributed by atoms with Gasteiger partial charge < -0.3 is 10.1 Å². The van der Waals surface area contributed by atoms with Crippen molar-refractivity contribution < 1.29 is 13.9 Å². The lowest BCUT2D eigenvalue weighted by molar-refractivity contribution is 0.0936. The van der Waals surface area contributed by atoms with Crippen LogP contribution in [0.15, 0.2) is 36.5 Å². The van der Waals surface area contributed by atoms with Crippen LogP contribution in [0.4, 0.5) is 4.39 Å². The van der Waals surface area contributed by atoms with Gasteiger partial charge >= 0.3 is 0 Å². The van der Waals surface area contributed by atoms with Crippen LogP contribution in [0.3, 0.4) is 0 Å². The molecule has 1 aromatic carbocycles. The Morgan fingerprint density at radius 1 is 1.36 bits per heavy atom. The van der Waals surface area contributed by atoms with E-state index in [2.05, 4.69) is 10.3 Å². The lowest BCUT2D eigenvalue weighted by Gasteiger charge is -2.16. The molecule has 1 aromatic heterocycles. The highest BCUT2D eigenvalue weighted by atomic mass is 35.5. The minimum absolute atomic E-state index is 0.0785. The number of aromatic nitrogens is 1. The first kappa shape index (κ1) is 16.2. The molecule has 0 saturated heterocycles. The molecule has 2 rings (SSSR count). The standard InChI is InChI=1S/C16H16ClFN2O2/c1-3-22-13-8-9-19-15(17)14(13)16(21)20-10(2)11-4-6-12(18)7-5-11/h4-10H,3H2,1-2H3,(H,20,21)/t10-/m0/s1. The number of carbonyl (C=O) groups is 1. The van der Waals surface area contributed by atoms with E-state index in [1.165, 1.54) is 18.3 Å². The normalized spacial score (nSPS) is 11.8. The van der Waals surface area contributed by atoms with E-state index in [9.17, 15) is 9.18 Å². The molecule has 0 aliphatic heterocycles. The smallest absolute Gasteiger partial charge is 0.258 e. The minimum Gasteiger partial charge on any atom is -0.493 e. The molecule has 0 fully saturated rings. The van der Waals surface area contributed by atoms with Gasteiger partial charge in [-0.3, -0.25) is 4.79 Å². The molecule has 0 unspecified atom stereocenters. The van der Waals surface area contributed by atoms with E-state index in [1.54, 1.807) is 25.1 Å². The van der Waals surface area contributed by atoms with Crippen LogP contribution in [0.2, 0.25) is 5.15 Å². The molecule has 0 radical (unpaired) electrons. The molecule has 0 saturated carbocycles. The Morgan fingerprint density at radius 2 is 2.05 bits per heavy atom. The topological polar surface area (TPSA) is 51.2 Å². The summed E-state index contributed by atoms with van der Waals surface area (Å²) in [6.07, 6.45) is 1.48. The van der Waals surface area contributed by atoms with E-state index >= 15 is 0 Å². The second kappa shape index (κ2) is 7.22. The zero-order chi connectivity index (χ0) is 16.1. The van der Waals surface area contributed by atoms with Crippen molar-refractivity contribution in [2.45, 2.75) is 19.9 Å². The Hall–Kier alpha value is -2.14. The highest BCUT2D eigenvalue weighted by Gasteiger charge is 2.20. The van der Waals surface area contributed by atoms with E-state index < -0.39 is 5.91 Å². The number of carbonyl (C=O) groups excluding carboxylic acids is 1. The van der Waals surface area contributed by atoms with E-state index in [1.807, 2.05) is 6.92 Å². The lowest BCUT2D eigenvalue weighted by atomic mass is 10.1. The molecule has 116 valence electrons. The van der Waals surface area contributed by atoms with Gasteiger partial charge in [-0.2, -0.15) is 0 Å². The van der Waals surface area contributed by atoms with Crippen LogP contribution in [0.5, 0.6) is 5.75 Å². The fraction of sp³-hybridized carbons (Fsp3) is 0.250. The molecular weight excluding hydrogens is 307 g/mol. The summed E-state index contributed by atoms with van der Waals surface area (Å²) in [6, 6.07) is 7.22. The molecular formula is C16H16ClFN2O2. The molecule has 1 heterocycles. The Bertz CT molecular complexity index is 662. The summed E-state index contributed by atoms with van der Waals surface area (Å²) in [7, 11) is 0. The molecule has 1 atom stereocenters. The number of amides is 1. The number of pyridine rings is 1. The average molecular weight is 323 g/mol. The van der Waals surface area contributed by atoms with Crippen molar-refractivity contribution in [2.24, 2.45) is 0 Å². The largest absolute Gasteiger partial charge is 0.493 e. The maximum absolute atomic E-state index is 12.9. The van der Waals surface area contributed by atoms with Crippen molar-refractivity contribution in [2.75, 3.05) is 6.61 Å². The molecule has 4 nitrogen and oxygen atoms in total. The highest BCUT2D eigenvalue weighted by Crippen LogP contribution is 2.25. The van der Waals surface area contributed by atoms with Gasteiger partial charge in [0, 0.05) is 6.20 Å². The second-order valence-electron chi connectivity index (χ2n) is 4.65. The SMILES string of the molecule is CCOc1ccnc(Cl)c1C(=O)N[C@@H](C)c1ccc(F)cc1. The molecule has 2 aromatic rings. The first-order chi connectivity index (χ1) is 10.5. The number of ether oxygens (including phenoxy) is 1. The van der Waals surface area contributed by atoms with Crippen LogP contribution < -0.4 is 10.1 Å². The molecule has 0 aliphatic carbocycles. The summed E-state index contributed by atoms with van der Waals surface area (Å²) in [5.74, 6) is -0.333.